The van der Waals surface area contributed by atoms with Crippen LogP contribution in [-0.2, 0) is 29.1 Å². The molecule has 2 saturated carbocycles. The Morgan fingerprint density at radius 3 is 2.56 bits per heavy atom. The molecule has 55 heavy (non-hydrogen) atoms. The lowest BCUT2D eigenvalue weighted by Gasteiger charge is -2.33. The van der Waals surface area contributed by atoms with Crippen molar-refractivity contribution < 1.29 is 37.1 Å². The first-order chi connectivity index (χ1) is 25.9. The number of sulfonamides is 1. The van der Waals surface area contributed by atoms with Crippen molar-refractivity contribution in [1.29, 1.82) is 0 Å². The summed E-state index contributed by atoms with van der Waals surface area (Å²) >= 11 is 0. The highest BCUT2D eigenvalue weighted by molar-refractivity contribution is 7.91. The molecule has 17 heteroatoms. The van der Waals surface area contributed by atoms with Crippen molar-refractivity contribution in [3.05, 3.63) is 42.7 Å². The van der Waals surface area contributed by atoms with Gasteiger partial charge in [0.05, 0.1) is 22.2 Å². The molecule has 2 aromatic heterocycles. The maximum absolute atomic E-state index is 14.8. The minimum absolute atomic E-state index is 0.0178. The predicted octanol–water partition coefficient (Wildman–Crippen LogP) is 3.40. The number of nitrogens with one attached hydrogen (secondary N) is 3. The molecule has 4 aliphatic rings. The van der Waals surface area contributed by atoms with Gasteiger partial charge in [0.15, 0.2) is 0 Å². The second-order valence-corrected chi connectivity index (χ2v) is 19.2. The second kappa shape index (κ2) is 14.0. The van der Waals surface area contributed by atoms with E-state index in [2.05, 4.69) is 37.5 Å². The maximum Gasteiger partial charge on any atom is 0.408 e. The third kappa shape index (κ3) is 7.71. The molecule has 7 rings (SSSR count). The summed E-state index contributed by atoms with van der Waals surface area (Å²) in [6.45, 7) is 10.7. The minimum Gasteiger partial charge on any atom is -0.472 e. The van der Waals surface area contributed by atoms with Gasteiger partial charge >= 0.3 is 6.09 Å². The van der Waals surface area contributed by atoms with Crippen molar-refractivity contribution in [3.8, 4) is 5.88 Å². The molecule has 0 spiro atoms. The van der Waals surface area contributed by atoms with Crippen LogP contribution in [0.15, 0.2) is 42.7 Å². The van der Waals surface area contributed by atoms with E-state index in [1.807, 2.05) is 43.3 Å². The standard InChI is InChI=1S/C38H50N8O8S/c1-22-11-7-8-12-24-19-38(24,33(49)44-55(51,52)37(6)15-16-37)42-30(47)28-18-25(53-31-26-13-9-10-14-27(26)46-21-39-43-34(46)41-31)20-45(28)32(48)29(23(2)17-22)40-35(50)54-36(3,4)5/h8-10,12-14,21-25,28-29H,7,11,15-20H2,1-6H3,(H,40,50)(H,42,47)(H,44,49)/b12-8-/t22-,23+,24+,25+,28-,29-,38+/m0/s1. The number of benzene rings is 1. The van der Waals surface area contributed by atoms with Gasteiger partial charge in [-0.05, 0) is 90.2 Å². The van der Waals surface area contributed by atoms with E-state index >= 15 is 0 Å². The molecule has 0 radical (unpaired) electrons. The van der Waals surface area contributed by atoms with Gasteiger partial charge in [0.1, 0.15) is 35.7 Å². The van der Waals surface area contributed by atoms with Crippen LogP contribution in [0.3, 0.4) is 0 Å². The molecule has 0 unspecified atom stereocenters. The molecule has 7 atom stereocenters. The Bertz CT molecular complexity index is 2160. The molecule has 296 valence electrons. The van der Waals surface area contributed by atoms with Gasteiger partial charge in [-0.2, -0.15) is 4.98 Å². The normalized spacial score (nSPS) is 30.3. The monoisotopic (exact) mass is 778 g/mol. The molecule has 16 nitrogen and oxygen atoms in total. The highest BCUT2D eigenvalue weighted by atomic mass is 32.2. The van der Waals surface area contributed by atoms with E-state index in [0.29, 0.717) is 36.8 Å². The van der Waals surface area contributed by atoms with Gasteiger partial charge in [0.2, 0.25) is 27.7 Å². The Labute approximate surface area is 320 Å². The predicted molar refractivity (Wildman–Crippen MR) is 201 cm³/mol. The number of hydrogen-bond donors (Lipinski definition) is 3. The molecule has 1 aromatic carbocycles. The Kier molecular flexibility index (Phi) is 9.83. The van der Waals surface area contributed by atoms with Crippen LogP contribution in [0, 0.1) is 17.8 Å². The number of carbonyl (C=O) groups is 4. The SMILES string of the molecule is C[C@H]1CC/C=C\[C@@H]2C[C@@]2(C(=O)NS(=O)(=O)C2(C)CC2)NC(=O)[C@@H]2C[C@@H](Oc3nc4nncn4c4ccccc34)CN2C(=O)[C@@H](NC(=O)OC(C)(C)C)[C@H](C)C1. The Hall–Kier alpha value is -4.80. The van der Waals surface area contributed by atoms with E-state index in [4.69, 9.17) is 9.47 Å². The zero-order valence-corrected chi connectivity index (χ0v) is 32.9. The van der Waals surface area contributed by atoms with Gasteiger partial charge in [-0.1, -0.05) is 38.1 Å². The van der Waals surface area contributed by atoms with Gasteiger partial charge in [-0.3, -0.25) is 23.5 Å². The number of nitrogens with zero attached hydrogens (tertiary/aromatic N) is 5. The van der Waals surface area contributed by atoms with Crippen LogP contribution in [0.1, 0.15) is 86.5 Å². The van der Waals surface area contributed by atoms with E-state index < -0.39 is 73.8 Å². The van der Waals surface area contributed by atoms with Crippen LogP contribution >= 0.6 is 0 Å². The average Bonchev–Trinajstić information content (AvgIpc) is 3.89. The fraction of sp³-hybridized carbons (Fsp3) is 0.605. The Morgan fingerprint density at radius 1 is 1.09 bits per heavy atom. The molecule has 3 N–H and O–H groups in total. The Morgan fingerprint density at radius 2 is 1.84 bits per heavy atom. The lowest BCUT2D eigenvalue weighted by Crippen LogP contribution is -2.59. The number of hydrogen-bond acceptors (Lipinski definition) is 11. The number of amides is 4. The van der Waals surface area contributed by atoms with Gasteiger partial charge < -0.3 is 25.0 Å². The summed E-state index contributed by atoms with van der Waals surface area (Å²) in [6.07, 6.45) is 6.96. The molecule has 4 heterocycles. The third-order valence-corrected chi connectivity index (χ3v) is 13.5. The zero-order chi connectivity index (χ0) is 39.5. The maximum atomic E-state index is 14.8. The third-order valence-electron chi connectivity index (χ3n) is 11.3. The van der Waals surface area contributed by atoms with Crippen molar-refractivity contribution in [2.24, 2.45) is 17.8 Å². The van der Waals surface area contributed by atoms with E-state index in [9.17, 15) is 27.6 Å². The molecule has 1 saturated heterocycles. The second-order valence-electron chi connectivity index (χ2n) is 17.0. The van der Waals surface area contributed by atoms with Crippen molar-refractivity contribution in [2.75, 3.05) is 6.54 Å². The summed E-state index contributed by atoms with van der Waals surface area (Å²) in [6, 6.07) is 5.21. The highest BCUT2D eigenvalue weighted by Gasteiger charge is 2.63. The number of alkyl carbamates (subject to hydrolysis) is 1. The largest absolute Gasteiger partial charge is 0.472 e. The summed E-state index contributed by atoms with van der Waals surface area (Å²) in [5.41, 5.74) is -1.62. The highest BCUT2D eigenvalue weighted by Crippen LogP contribution is 2.47. The van der Waals surface area contributed by atoms with Gasteiger partial charge in [-0.15, -0.1) is 10.2 Å². The molecule has 4 amide bonds. The van der Waals surface area contributed by atoms with Crippen LogP contribution < -0.4 is 20.1 Å². The van der Waals surface area contributed by atoms with Crippen LogP contribution in [0.2, 0.25) is 0 Å². The van der Waals surface area contributed by atoms with Gasteiger partial charge in [-0.25, -0.2) is 13.2 Å². The fourth-order valence-corrected chi connectivity index (χ4v) is 9.08. The number of carbonyl (C=O) groups excluding carboxylic acids is 4. The van der Waals surface area contributed by atoms with E-state index in [0.717, 1.165) is 11.9 Å². The number of allylic oxidation sites excluding steroid dienone is 1. The molecular formula is C38H50N8O8S. The number of para-hydroxylation sites is 1. The lowest BCUT2D eigenvalue weighted by molar-refractivity contribution is -0.142. The van der Waals surface area contributed by atoms with E-state index in [1.165, 1.54) is 4.90 Å². The van der Waals surface area contributed by atoms with Crippen LogP contribution in [0.25, 0.3) is 16.7 Å². The quantitative estimate of drug-likeness (QED) is 0.310. The summed E-state index contributed by atoms with van der Waals surface area (Å²) in [7, 11) is -4.00. The number of fused-ring (bicyclic) bond motifs is 5. The summed E-state index contributed by atoms with van der Waals surface area (Å²) in [5, 5.41) is 14.5. The molecule has 0 bridgehead atoms. The Balaban J connectivity index is 1.24. The fourth-order valence-electron chi connectivity index (χ4n) is 7.77. The van der Waals surface area contributed by atoms with Crippen molar-refractivity contribution >= 4 is 50.5 Å². The van der Waals surface area contributed by atoms with E-state index in [1.54, 1.807) is 38.4 Å². The number of rotatable bonds is 6. The summed E-state index contributed by atoms with van der Waals surface area (Å²) < 4.78 is 41.4. The molecule has 3 fully saturated rings. The van der Waals surface area contributed by atoms with Crippen LogP contribution in [-0.4, -0.2) is 97.3 Å². The first-order valence-corrected chi connectivity index (χ1v) is 20.5. The topological polar surface area (TPSA) is 203 Å². The summed E-state index contributed by atoms with van der Waals surface area (Å²) in [4.78, 5) is 62.5. The lowest BCUT2D eigenvalue weighted by atomic mass is 9.88. The average molecular weight is 779 g/mol. The van der Waals surface area contributed by atoms with Crippen LogP contribution in [0.5, 0.6) is 5.88 Å². The van der Waals surface area contributed by atoms with Crippen molar-refractivity contribution in [1.82, 2.24) is 39.8 Å². The smallest absolute Gasteiger partial charge is 0.408 e. The van der Waals surface area contributed by atoms with Crippen LogP contribution in [0.4, 0.5) is 4.79 Å². The van der Waals surface area contributed by atoms with E-state index in [-0.39, 0.29) is 37.1 Å². The minimum atomic E-state index is -4.00. The number of ether oxygens (including phenoxy) is 2. The van der Waals surface area contributed by atoms with Crippen molar-refractivity contribution in [2.45, 2.75) is 121 Å². The number of aromatic nitrogens is 4. The molecule has 2 aliphatic carbocycles. The first kappa shape index (κ1) is 38.5. The van der Waals surface area contributed by atoms with Crippen molar-refractivity contribution in [3.63, 3.8) is 0 Å². The molecule has 3 aromatic rings. The molecule has 2 aliphatic heterocycles. The van der Waals surface area contributed by atoms with Gasteiger partial charge in [0, 0.05) is 12.3 Å². The molecular weight excluding hydrogens is 729 g/mol. The summed E-state index contributed by atoms with van der Waals surface area (Å²) in [5.74, 6) is -2.08. The first-order valence-electron chi connectivity index (χ1n) is 19.0. The zero-order valence-electron chi connectivity index (χ0n) is 32.1. The van der Waals surface area contributed by atoms with Gasteiger partial charge in [0.25, 0.3) is 11.7 Å².